The van der Waals surface area contributed by atoms with Crippen molar-refractivity contribution >= 4 is 11.6 Å². The molecule has 190 valence electrons. The highest BCUT2D eigenvalue weighted by molar-refractivity contribution is 6.00. The van der Waals surface area contributed by atoms with Crippen LogP contribution in [-0.4, -0.2) is 38.1 Å². The SMILES string of the molecule is COc1ccc(CCN(Cc2ccc(C(C)(C)C)cc2)C(=O)c2cccc3c2NCCC3)cc1OC. The molecule has 0 spiro atoms. The van der Waals surface area contributed by atoms with Crippen LogP contribution in [0.25, 0.3) is 0 Å². The fraction of sp³-hybridized carbons (Fsp3) is 0.387. The lowest BCUT2D eigenvalue weighted by Crippen LogP contribution is -2.33. The number of para-hydroxylation sites is 1. The molecule has 1 heterocycles. The van der Waals surface area contributed by atoms with Crippen LogP contribution in [0.15, 0.2) is 60.7 Å². The smallest absolute Gasteiger partial charge is 0.256 e. The second-order valence-electron chi connectivity index (χ2n) is 10.5. The number of anilines is 1. The quantitative estimate of drug-likeness (QED) is 0.409. The summed E-state index contributed by atoms with van der Waals surface area (Å²) in [6.45, 7) is 8.70. The minimum atomic E-state index is 0.0571. The molecule has 1 aliphatic rings. The number of aryl methyl sites for hydroxylation is 1. The number of fused-ring (bicyclic) bond motifs is 1. The average Bonchev–Trinajstić information content (AvgIpc) is 2.89. The van der Waals surface area contributed by atoms with Gasteiger partial charge < -0.3 is 19.7 Å². The molecule has 5 nitrogen and oxygen atoms in total. The van der Waals surface area contributed by atoms with Gasteiger partial charge in [0.05, 0.1) is 25.5 Å². The molecule has 36 heavy (non-hydrogen) atoms. The molecule has 5 heteroatoms. The Kier molecular flexibility index (Phi) is 7.88. The normalized spacial score (nSPS) is 12.9. The monoisotopic (exact) mass is 486 g/mol. The van der Waals surface area contributed by atoms with Gasteiger partial charge in [0, 0.05) is 19.6 Å². The van der Waals surface area contributed by atoms with Gasteiger partial charge in [-0.15, -0.1) is 0 Å². The van der Waals surface area contributed by atoms with Crippen LogP contribution < -0.4 is 14.8 Å². The Labute approximate surface area is 215 Å². The Bertz CT molecular complexity index is 1200. The largest absolute Gasteiger partial charge is 0.493 e. The van der Waals surface area contributed by atoms with Gasteiger partial charge >= 0.3 is 0 Å². The van der Waals surface area contributed by atoms with Gasteiger partial charge in [0.25, 0.3) is 5.91 Å². The number of benzene rings is 3. The lowest BCUT2D eigenvalue weighted by atomic mass is 9.87. The van der Waals surface area contributed by atoms with Crippen molar-refractivity contribution in [3.63, 3.8) is 0 Å². The van der Waals surface area contributed by atoms with E-state index in [0.717, 1.165) is 41.8 Å². The third kappa shape index (κ3) is 5.84. The van der Waals surface area contributed by atoms with Crippen LogP contribution in [0.4, 0.5) is 5.69 Å². The molecule has 0 fully saturated rings. The molecule has 3 aromatic carbocycles. The first-order valence-electron chi connectivity index (χ1n) is 12.8. The molecule has 1 amide bonds. The second kappa shape index (κ2) is 11.1. The van der Waals surface area contributed by atoms with Crippen LogP contribution in [0.2, 0.25) is 0 Å². The maximum atomic E-state index is 13.9. The molecule has 0 atom stereocenters. The lowest BCUT2D eigenvalue weighted by Gasteiger charge is -2.27. The Balaban J connectivity index is 1.60. The van der Waals surface area contributed by atoms with Gasteiger partial charge in [-0.2, -0.15) is 0 Å². The van der Waals surface area contributed by atoms with Crippen LogP contribution in [0.3, 0.4) is 0 Å². The number of rotatable bonds is 8. The maximum absolute atomic E-state index is 13.9. The third-order valence-corrected chi connectivity index (χ3v) is 6.90. The fourth-order valence-electron chi connectivity index (χ4n) is 4.74. The number of nitrogens with zero attached hydrogens (tertiary/aromatic N) is 1. The van der Waals surface area contributed by atoms with E-state index in [1.54, 1.807) is 14.2 Å². The number of amides is 1. The van der Waals surface area contributed by atoms with Crippen molar-refractivity contribution in [2.45, 2.75) is 52.0 Å². The average molecular weight is 487 g/mol. The molecule has 1 aliphatic heterocycles. The maximum Gasteiger partial charge on any atom is 0.256 e. The lowest BCUT2D eigenvalue weighted by molar-refractivity contribution is 0.0746. The first kappa shape index (κ1) is 25.6. The van der Waals surface area contributed by atoms with Crippen molar-refractivity contribution in [2.24, 2.45) is 0 Å². The van der Waals surface area contributed by atoms with Gasteiger partial charge in [-0.3, -0.25) is 4.79 Å². The van der Waals surface area contributed by atoms with Crippen LogP contribution in [0, 0.1) is 0 Å². The molecule has 0 aromatic heterocycles. The predicted molar refractivity (Wildman–Crippen MR) is 146 cm³/mol. The van der Waals surface area contributed by atoms with Gasteiger partial charge in [0.1, 0.15) is 0 Å². The van der Waals surface area contributed by atoms with E-state index < -0.39 is 0 Å². The highest BCUT2D eigenvalue weighted by Gasteiger charge is 2.23. The molecule has 3 aromatic rings. The summed E-state index contributed by atoms with van der Waals surface area (Å²) in [6.07, 6.45) is 2.81. The Morgan fingerprint density at radius 3 is 2.36 bits per heavy atom. The second-order valence-corrected chi connectivity index (χ2v) is 10.5. The minimum Gasteiger partial charge on any atom is -0.493 e. The molecular weight excluding hydrogens is 448 g/mol. The zero-order valence-electron chi connectivity index (χ0n) is 22.2. The summed E-state index contributed by atoms with van der Waals surface area (Å²) in [5.41, 5.74) is 6.58. The minimum absolute atomic E-state index is 0.0571. The van der Waals surface area contributed by atoms with Crippen molar-refractivity contribution < 1.29 is 14.3 Å². The van der Waals surface area contributed by atoms with E-state index in [1.807, 2.05) is 35.2 Å². The van der Waals surface area contributed by atoms with Gasteiger partial charge in [0.15, 0.2) is 11.5 Å². The van der Waals surface area contributed by atoms with E-state index in [1.165, 1.54) is 11.1 Å². The number of methoxy groups -OCH3 is 2. The fourth-order valence-corrected chi connectivity index (χ4v) is 4.74. The van der Waals surface area contributed by atoms with Gasteiger partial charge in [0.2, 0.25) is 0 Å². The van der Waals surface area contributed by atoms with E-state index in [4.69, 9.17) is 9.47 Å². The molecule has 0 bridgehead atoms. The molecular formula is C31H38N2O3. The molecule has 1 N–H and O–H groups in total. The van der Waals surface area contributed by atoms with Crippen molar-refractivity contribution in [1.82, 2.24) is 4.90 Å². The molecule has 4 rings (SSSR count). The highest BCUT2D eigenvalue weighted by atomic mass is 16.5. The standard InChI is InChI=1S/C31H38N2O3/c1-31(2,3)25-14-11-23(12-15-25)21-33(19-17-22-13-16-27(35-4)28(20-22)36-5)30(34)26-10-6-8-24-9-7-18-32-29(24)26/h6,8,10-16,20,32H,7,9,17-19,21H2,1-5H3. The molecule has 0 saturated heterocycles. The van der Waals surface area contributed by atoms with E-state index in [-0.39, 0.29) is 11.3 Å². The van der Waals surface area contributed by atoms with Crippen molar-refractivity contribution in [2.75, 3.05) is 32.6 Å². The van der Waals surface area contributed by atoms with Crippen molar-refractivity contribution in [3.05, 3.63) is 88.5 Å². The zero-order chi connectivity index (χ0) is 25.7. The van der Waals surface area contributed by atoms with Crippen molar-refractivity contribution in [1.29, 1.82) is 0 Å². The van der Waals surface area contributed by atoms with Crippen molar-refractivity contribution in [3.8, 4) is 11.5 Å². The van der Waals surface area contributed by atoms with E-state index in [2.05, 4.69) is 56.4 Å². The summed E-state index contributed by atoms with van der Waals surface area (Å²) in [5.74, 6) is 1.46. The Morgan fingerprint density at radius 1 is 0.944 bits per heavy atom. The number of ether oxygens (including phenoxy) is 2. The molecule has 0 unspecified atom stereocenters. The van der Waals surface area contributed by atoms with Crippen LogP contribution in [-0.2, 0) is 24.8 Å². The van der Waals surface area contributed by atoms with Gasteiger partial charge in [-0.1, -0.05) is 63.2 Å². The van der Waals surface area contributed by atoms with E-state index in [9.17, 15) is 4.79 Å². The van der Waals surface area contributed by atoms with Crippen LogP contribution in [0.1, 0.15) is 59.8 Å². The summed E-state index contributed by atoms with van der Waals surface area (Å²) < 4.78 is 10.9. The summed E-state index contributed by atoms with van der Waals surface area (Å²) in [4.78, 5) is 15.9. The zero-order valence-corrected chi connectivity index (χ0v) is 22.2. The number of hydrogen-bond acceptors (Lipinski definition) is 4. The van der Waals surface area contributed by atoms with Crippen LogP contribution in [0.5, 0.6) is 11.5 Å². The summed E-state index contributed by atoms with van der Waals surface area (Å²) in [5, 5.41) is 3.48. The molecule has 0 saturated carbocycles. The molecule has 0 aliphatic carbocycles. The first-order valence-corrected chi connectivity index (χ1v) is 12.8. The van der Waals surface area contributed by atoms with Crippen LogP contribution >= 0.6 is 0 Å². The number of carbonyl (C=O) groups is 1. The summed E-state index contributed by atoms with van der Waals surface area (Å²) in [6, 6.07) is 20.7. The topological polar surface area (TPSA) is 50.8 Å². The Morgan fingerprint density at radius 2 is 1.67 bits per heavy atom. The molecule has 0 radical (unpaired) electrons. The van der Waals surface area contributed by atoms with E-state index >= 15 is 0 Å². The third-order valence-electron chi connectivity index (χ3n) is 6.90. The van der Waals surface area contributed by atoms with Gasteiger partial charge in [-0.05, 0) is 65.1 Å². The predicted octanol–water partition coefficient (Wildman–Crippen LogP) is 6.24. The Hall–Kier alpha value is -3.47. The number of hydrogen-bond donors (Lipinski definition) is 1. The van der Waals surface area contributed by atoms with Gasteiger partial charge in [-0.25, -0.2) is 0 Å². The van der Waals surface area contributed by atoms with E-state index in [0.29, 0.717) is 31.0 Å². The summed E-state index contributed by atoms with van der Waals surface area (Å²) >= 11 is 0. The highest BCUT2D eigenvalue weighted by Crippen LogP contribution is 2.30. The first-order chi connectivity index (χ1) is 17.3. The summed E-state index contributed by atoms with van der Waals surface area (Å²) in [7, 11) is 3.28. The number of nitrogens with one attached hydrogen (secondary N) is 1. The number of carbonyl (C=O) groups excluding carboxylic acids is 1.